The van der Waals surface area contributed by atoms with E-state index in [1.54, 1.807) is 12.1 Å². The van der Waals surface area contributed by atoms with Crippen molar-refractivity contribution in [2.75, 3.05) is 11.4 Å². The van der Waals surface area contributed by atoms with Crippen LogP contribution in [0.4, 0.5) is 10.1 Å². The molecule has 0 aliphatic carbocycles. The summed E-state index contributed by atoms with van der Waals surface area (Å²) in [6.45, 7) is 3.18. The van der Waals surface area contributed by atoms with Gasteiger partial charge in [-0.25, -0.2) is 4.39 Å². The van der Waals surface area contributed by atoms with Gasteiger partial charge in [-0.2, -0.15) is 0 Å². The molecule has 21 heavy (non-hydrogen) atoms. The SMILES string of the molecule is CCN(Cc1cccc(/C(N)=N/O)c1F)c1ccccc1. The number of para-hydroxylation sites is 1. The number of anilines is 1. The topological polar surface area (TPSA) is 61.8 Å². The van der Waals surface area contributed by atoms with Gasteiger partial charge in [0.25, 0.3) is 0 Å². The van der Waals surface area contributed by atoms with Crippen LogP contribution in [0.25, 0.3) is 0 Å². The van der Waals surface area contributed by atoms with E-state index in [0.29, 0.717) is 12.1 Å². The van der Waals surface area contributed by atoms with E-state index in [2.05, 4.69) is 10.1 Å². The average molecular weight is 287 g/mol. The summed E-state index contributed by atoms with van der Waals surface area (Å²) < 4.78 is 14.4. The number of oxime groups is 1. The van der Waals surface area contributed by atoms with Crippen molar-refractivity contribution in [2.45, 2.75) is 13.5 Å². The summed E-state index contributed by atoms with van der Waals surface area (Å²) in [6, 6.07) is 14.7. The molecule has 2 rings (SSSR count). The zero-order chi connectivity index (χ0) is 15.2. The number of hydrogen-bond acceptors (Lipinski definition) is 3. The Bertz CT molecular complexity index is 629. The first kappa shape index (κ1) is 14.8. The second-order valence-corrected chi connectivity index (χ2v) is 4.61. The third-order valence-electron chi connectivity index (χ3n) is 3.33. The van der Waals surface area contributed by atoms with Crippen LogP contribution in [0.5, 0.6) is 0 Å². The molecule has 0 unspecified atom stereocenters. The van der Waals surface area contributed by atoms with Crippen molar-refractivity contribution in [1.29, 1.82) is 0 Å². The van der Waals surface area contributed by atoms with Crippen LogP contribution in [0.15, 0.2) is 53.7 Å². The molecule has 2 aromatic rings. The molecule has 0 radical (unpaired) electrons. The second-order valence-electron chi connectivity index (χ2n) is 4.61. The normalized spacial score (nSPS) is 11.4. The Balaban J connectivity index is 2.31. The van der Waals surface area contributed by atoms with E-state index in [-0.39, 0.29) is 11.4 Å². The van der Waals surface area contributed by atoms with E-state index in [1.807, 2.05) is 37.3 Å². The lowest BCUT2D eigenvalue weighted by Crippen LogP contribution is -2.23. The van der Waals surface area contributed by atoms with Crippen LogP contribution >= 0.6 is 0 Å². The van der Waals surface area contributed by atoms with Gasteiger partial charge in [-0.15, -0.1) is 0 Å². The lowest BCUT2D eigenvalue weighted by Gasteiger charge is -2.23. The quantitative estimate of drug-likeness (QED) is 0.385. The summed E-state index contributed by atoms with van der Waals surface area (Å²) in [7, 11) is 0. The minimum atomic E-state index is -0.456. The van der Waals surface area contributed by atoms with Crippen LogP contribution in [-0.4, -0.2) is 17.6 Å². The summed E-state index contributed by atoms with van der Waals surface area (Å²) in [5.41, 5.74) is 7.12. The zero-order valence-corrected chi connectivity index (χ0v) is 11.8. The first-order valence-corrected chi connectivity index (χ1v) is 6.72. The zero-order valence-electron chi connectivity index (χ0n) is 11.8. The van der Waals surface area contributed by atoms with Gasteiger partial charge in [0.2, 0.25) is 0 Å². The molecule has 0 heterocycles. The molecule has 0 amide bonds. The fraction of sp³-hybridized carbons (Fsp3) is 0.188. The number of nitrogens with zero attached hydrogens (tertiary/aromatic N) is 2. The molecule has 0 saturated carbocycles. The van der Waals surface area contributed by atoms with Gasteiger partial charge in [0, 0.05) is 24.3 Å². The van der Waals surface area contributed by atoms with E-state index < -0.39 is 5.82 Å². The maximum Gasteiger partial charge on any atom is 0.173 e. The summed E-state index contributed by atoms with van der Waals surface area (Å²) in [6.07, 6.45) is 0. The van der Waals surface area contributed by atoms with Crippen LogP contribution < -0.4 is 10.6 Å². The largest absolute Gasteiger partial charge is 0.409 e. The molecule has 5 heteroatoms. The first-order chi connectivity index (χ1) is 10.2. The van der Waals surface area contributed by atoms with Gasteiger partial charge in [-0.1, -0.05) is 35.5 Å². The van der Waals surface area contributed by atoms with Gasteiger partial charge in [0.05, 0.1) is 5.56 Å². The number of nitrogens with two attached hydrogens (primary N) is 1. The Morgan fingerprint density at radius 1 is 1.19 bits per heavy atom. The molecule has 0 aliphatic heterocycles. The molecule has 0 spiro atoms. The molecule has 0 bridgehead atoms. The van der Waals surface area contributed by atoms with E-state index in [1.165, 1.54) is 6.07 Å². The summed E-state index contributed by atoms with van der Waals surface area (Å²) >= 11 is 0. The number of benzene rings is 2. The van der Waals surface area contributed by atoms with Crippen LogP contribution in [0.1, 0.15) is 18.1 Å². The molecule has 0 aliphatic rings. The van der Waals surface area contributed by atoms with Gasteiger partial charge in [-0.3, -0.25) is 0 Å². The smallest absolute Gasteiger partial charge is 0.173 e. The lowest BCUT2D eigenvalue weighted by atomic mass is 10.1. The van der Waals surface area contributed by atoms with Crippen LogP contribution in [0.3, 0.4) is 0 Å². The van der Waals surface area contributed by atoms with Crippen molar-refractivity contribution in [3.8, 4) is 0 Å². The Morgan fingerprint density at radius 2 is 1.90 bits per heavy atom. The van der Waals surface area contributed by atoms with Crippen molar-refractivity contribution >= 4 is 11.5 Å². The number of amidine groups is 1. The monoisotopic (exact) mass is 287 g/mol. The van der Waals surface area contributed by atoms with Gasteiger partial charge in [0.15, 0.2) is 5.84 Å². The fourth-order valence-corrected chi connectivity index (χ4v) is 2.18. The maximum absolute atomic E-state index is 14.4. The third kappa shape index (κ3) is 3.31. The molecule has 110 valence electrons. The minimum absolute atomic E-state index is 0.110. The molecule has 4 nitrogen and oxygen atoms in total. The van der Waals surface area contributed by atoms with E-state index in [9.17, 15) is 4.39 Å². The Kier molecular flexibility index (Phi) is 4.77. The summed E-state index contributed by atoms with van der Waals surface area (Å²) in [5, 5.41) is 11.6. The van der Waals surface area contributed by atoms with E-state index in [4.69, 9.17) is 10.9 Å². The summed E-state index contributed by atoms with van der Waals surface area (Å²) in [5.74, 6) is -0.681. The molecule has 0 fully saturated rings. The van der Waals surface area contributed by atoms with Crippen molar-refractivity contribution in [1.82, 2.24) is 0 Å². The van der Waals surface area contributed by atoms with Crippen LogP contribution in [0, 0.1) is 5.82 Å². The number of rotatable bonds is 5. The Labute approximate surface area is 123 Å². The molecular weight excluding hydrogens is 269 g/mol. The standard InChI is InChI=1S/C16H18FN3O/c1-2-20(13-8-4-3-5-9-13)11-12-7-6-10-14(15(12)17)16(18)19-21/h3-10,21H,2,11H2,1H3,(H2,18,19). The van der Waals surface area contributed by atoms with Crippen molar-refractivity contribution in [3.05, 3.63) is 65.5 Å². The molecule has 3 N–H and O–H groups in total. The second kappa shape index (κ2) is 6.74. The lowest BCUT2D eigenvalue weighted by molar-refractivity contribution is 0.318. The minimum Gasteiger partial charge on any atom is -0.409 e. The predicted octanol–water partition coefficient (Wildman–Crippen LogP) is 2.95. The van der Waals surface area contributed by atoms with Crippen molar-refractivity contribution in [2.24, 2.45) is 10.9 Å². The molecule has 0 atom stereocenters. The average Bonchev–Trinajstić information content (AvgIpc) is 2.54. The van der Waals surface area contributed by atoms with Gasteiger partial charge in [0.1, 0.15) is 5.82 Å². The van der Waals surface area contributed by atoms with E-state index >= 15 is 0 Å². The number of hydrogen-bond donors (Lipinski definition) is 2. The highest BCUT2D eigenvalue weighted by molar-refractivity contribution is 5.97. The number of halogens is 1. The van der Waals surface area contributed by atoms with Gasteiger partial charge in [-0.05, 0) is 25.1 Å². The van der Waals surface area contributed by atoms with Crippen LogP contribution in [0.2, 0.25) is 0 Å². The molecule has 2 aromatic carbocycles. The van der Waals surface area contributed by atoms with Gasteiger partial charge >= 0.3 is 0 Å². The van der Waals surface area contributed by atoms with E-state index in [0.717, 1.165) is 12.2 Å². The van der Waals surface area contributed by atoms with Crippen molar-refractivity contribution in [3.63, 3.8) is 0 Å². The Morgan fingerprint density at radius 3 is 2.52 bits per heavy atom. The highest BCUT2D eigenvalue weighted by atomic mass is 19.1. The molecule has 0 aromatic heterocycles. The molecular formula is C16H18FN3O. The predicted molar refractivity (Wildman–Crippen MR) is 82.1 cm³/mol. The first-order valence-electron chi connectivity index (χ1n) is 6.72. The maximum atomic E-state index is 14.4. The third-order valence-corrected chi connectivity index (χ3v) is 3.33. The van der Waals surface area contributed by atoms with Crippen molar-refractivity contribution < 1.29 is 9.60 Å². The highest BCUT2D eigenvalue weighted by Gasteiger charge is 2.14. The van der Waals surface area contributed by atoms with Crippen LogP contribution in [-0.2, 0) is 6.54 Å². The fourth-order valence-electron chi connectivity index (χ4n) is 2.18. The van der Waals surface area contributed by atoms with Gasteiger partial charge < -0.3 is 15.8 Å². The highest BCUT2D eigenvalue weighted by Crippen LogP contribution is 2.19. The molecule has 0 saturated heterocycles. The summed E-state index contributed by atoms with van der Waals surface area (Å²) in [4.78, 5) is 2.05. The Hall–Kier alpha value is -2.56.